The van der Waals surface area contributed by atoms with Gasteiger partial charge in [-0.1, -0.05) is 48.5 Å². The zero-order valence-electron chi connectivity index (χ0n) is 17.1. The first kappa shape index (κ1) is 20.6. The summed E-state index contributed by atoms with van der Waals surface area (Å²) in [7, 11) is 0.0366. The molecule has 4 rings (SSSR count). The Kier molecular flexibility index (Phi) is 5.73. The van der Waals surface area contributed by atoms with Crippen LogP contribution in [-0.4, -0.2) is 22.4 Å². The van der Waals surface area contributed by atoms with E-state index < -0.39 is 17.0 Å². The van der Waals surface area contributed by atoms with E-state index in [1.165, 1.54) is 0 Å². The standard InChI is InChI=1S/C25H21NO4S/c1-16-10-13-24(23(14-16)30-2)31(29)26-22-12-11-19(20-8-3-4-9-21(20)22)17-6-5-7-18(15-17)25(27)28/h3-15,26H,1-2H3,(H,27,28). The molecule has 156 valence electrons. The minimum atomic E-state index is -1.52. The number of anilines is 1. The van der Waals surface area contributed by atoms with E-state index in [1.54, 1.807) is 31.4 Å². The van der Waals surface area contributed by atoms with E-state index in [4.69, 9.17) is 4.74 Å². The number of hydrogen-bond donors (Lipinski definition) is 2. The second kappa shape index (κ2) is 8.62. The number of fused-ring (bicyclic) bond motifs is 1. The zero-order chi connectivity index (χ0) is 22.0. The van der Waals surface area contributed by atoms with Crippen molar-refractivity contribution in [2.45, 2.75) is 11.8 Å². The Balaban J connectivity index is 1.76. The van der Waals surface area contributed by atoms with Gasteiger partial charge in [0.15, 0.2) is 11.0 Å². The molecule has 0 saturated carbocycles. The summed E-state index contributed by atoms with van der Waals surface area (Å²) in [4.78, 5) is 11.9. The molecule has 4 aromatic carbocycles. The van der Waals surface area contributed by atoms with Gasteiger partial charge in [-0.2, -0.15) is 0 Å². The molecular weight excluding hydrogens is 410 g/mol. The van der Waals surface area contributed by atoms with Gasteiger partial charge in [0.1, 0.15) is 10.6 Å². The predicted octanol–water partition coefficient (Wildman–Crippen LogP) is 5.66. The maximum atomic E-state index is 13.1. The summed E-state index contributed by atoms with van der Waals surface area (Å²) in [5, 5.41) is 11.1. The molecule has 0 heterocycles. The van der Waals surface area contributed by atoms with Crippen molar-refractivity contribution in [3.05, 3.63) is 90.0 Å². The number of methoxy groups -OCH3 is 1. The van der Waals surface area contributed by atoms with Gasteiger partial charge in [-0.15, -0.1) is 0 Å². The van der Waals surface area contributed by atoms with Gasteiger partial charge in [-0.25, -0.2) is 9.00 Å². The molecule has 0 bridgehead atoms. The van der Waals surface area contributed by atoms with Crippen LogP contribution in [-0.2, 0) is 11.0 Å². The number of carboxylic acids is 1. The van der Waals surface area contributed by atoms with Crippen LogP contribution in [0.5, 0.6) is 5.75 Å². The summed E-state index contributed by atoms with van der Waals surface area (Å²) >= 11 is 0. The van der Waals surface area contributed by atoms with Crippen LogP contribution >= 0.6 is 0 Å². The molecular formula is C25H21NO4S. The largest absolute Gasteiger partial charge is 0.495 e. The highest BCUT2D eigenvalue weighted by Crippen LogP contribution is 2.35. The van der Waals surface area contributed by atoms with Crippen LogP contribution in [0.4, 0.5) is 5.69 Å². The van der Waals surface area contributed by atoms with Crippen LogP contribution in [0.3, 0.4) is 0 Å². The fraction of sp³-hybridized carbons (Fsp3) is 0.0800. The molecule has 0 aliphatic heterocycles. The van der Waals surface area contributed by atoms with Crippen molar-refractivity contribution in [3.8, 4) is 16.9 Å². The smallest absolute Gasteiger partial charge is 0.335 e. The van der Waals surface area contributed by atoms with Gasteiger partial charge in [-0.05, 0) is 59.3 Å². The molecule has 1 unspecified atom stereocenters. The molecule has 1 atom stereocenters. The number of carbonyl (C=O) groups is 1. The Bertz CT molecular complexity index is 1320. The second-order valence-corrected chi connectivity index (χ2v) is 8.30. The van der Waals surface area contributed by atoms with Gasteiger partial charge < -0.3 is 14.6 Å². The lowest BCUT2D eigenvalue weighted by molar-refractivity contribution is 0.0697. The topological polar surface area (TPSA) is 75.6 Å². The Morgan fingerprint density at radius 3 is 2.45 bits per heavy atom. The van der Waals surface area contributed by atoms with E-state index in [0.29, 0.717) is 10.6 Å². The fourth-order valence-corrected chi connectivity index (χ4v) is 4.55. The minimum Gasteiger partial charge on any atom is -0.495 e. The molecule has 0 saturated heterocycles. The molecule has 6 heteroatoms. The number of carboxylic acid groups (broad SMARTS) is 1. The number of aromatic carboxylic acids is 1. The van der Waals surface area contributed by atoms with Crippen LogP contribution in [0.15, 0.2) is 83.8 Å². The number of aryl methyl sites for hydroxylation is 1. The van der Waals surface area contributed by atoms with Gasteiger partial charge >= 0.3 is 5.97 Å². The average molecular weight is 432 g/mol. The Morgan fingerprint density at radius 2 is 1.71 bits per heavy atom. The van der Waals surface area contributed by atoms with E-state index in [1.807, 2.05) is 61.5 Å². The van der Waals surface area contributed by atoms with Crippen LogP contribution in [0.25, 0.3) is 21.9 Å². The van der Waals surface area contributed by atoms with Gasteiger partial charge in [0.05, 0.1) is 18.4 Å². The van der Waals surface area contributed by atoms with Crippen LogP contribution in [0.2, 0.25) is 0 Å². The zero-order valence-corrected chi connectivity index (χ0v) is 17.9. The molecule has 0 aliphatic carbocycles. The maximum Gasteiger partial charge on any atom is 0.335 e. The first-order valence-corrected chi connectivity index (χ1v) is 10.8. The van der Waals surface area contributed by atoms with Gasteiger partial charge in [0.2, 0.25) is 0 Å². The summed E-state index contributed by atoms with van der Waals surface area (Å²) in [6.07, 6.45) is 0. The third-order valence-electron chi connectivity index (χ3n) is 5.07. The lowest BCUT2D eigenvalue weighted by Gasteiger charge is -2.15. The number of benzene rings is 4. The van der Waals surface area contributed by atoms with Crippen LogP contribution < -0.4 is 9.46 Å². The van der Waals surface area contributed by atoms with Crippen LogP contribution in [0.1, 0.15) is 15.9 Å². The molecule has 0 amide bonds. The van der Waals surface area contributed by atoms with E-state index >= 15 is 0 Å². The van der Waals surface area contributed by atoms with Crippen molar-refractivity contribution < 1.29 is 18.8 Å². The molecule has 2 N–H and O–H groups in total. The summed E-state index contributed by atoms with van der Waals surface area (Å²) < 4.78 is 21.6. The highest BCUT2D eigenvalue weighted by atomic mass is 32.2. The third-order valence-corrected chi connectivity index (χ3v) is 6.21. The first-order valence-electron chi connectivity index (χ1n) is 9.66. The second-order valence-electron chi connectivity index (χ2n) is 7.12. The van der Waals surface area contributed by atoms with Crippen LogP contribution in [0, 0.1) is 6.92 Å². The molecule has 31 heavy (non-hydrogen) atoms. The number of hydrogen-bond acceptors (Lipinski definition) is 3. The van der Waals surface area contributed by atoms with Gasteiger partial charge in [0.25, 0.3) is 0 Å². The molecule has 0 fully saturated rings. The fourth-order valence-electron chi connectivity index (χ4n) is 3.54. The number of rotatable bonds is 6. The van der Waals surface area contributed by atoms with E-state index in [9.17, 15) is 14.1 Å². The van der Waals surface area contributed by atoms with Gasteiger partial charge in [0, 0.05) is 5.39 Å². The molecule has 5 nitrogen and oxygen atoms in total. The summed E-state index contributed by atoms with van der Waals surface area (Å²) in [6.45, 7) is 1.95. The lowest BCUT2D eigenvalue weighted by atomic mass is 9.96. The SMILES string of the molecule is COc1cc(C)ccc1S(=O)Nc1ccc(-c2cccc(C(=O)O)c2)c2ccccc12. The van der Waals surface area contributed by atoms with Crippen molar-refractivity contribution in [3.63, 3.8) is 0 Å². The molecule has 0 aliphatic rings. The van der Waals surface area contributed by atoms with Crippen molar-refractivity contribution in [2.24, 2.45) is 0 Å². The quantitative estimate of drug-likeness (QED) is 0.413. The van der Waals surface area contributed by atoms with Gasteiger partial charge in [-0.3, -0.25) is 0 Å². The Hall–Kier alpha value is -3.64. The molecule has 0 aromatic heterocycles. The summed E-state index contributed by atoms with van der Waals surface area (Å²) in [5.74, 6) is -0.399. The number of nitrogens with one attached hydrogen (secondary N) is 1. The highest BCUT2D eigenvalue weighted by Gasteiger charge is 2.14. The van der Waals surface area contributed by atoms with Crippen molar-refractivity contribution >= 4 is 33.4 Å². The van der Waals surface area contributed by atoms with E-state index in [-0.39, 0.29) is 5.56 Å². The number of ether oxygens (including phenoxy) is 1. The maximum absolute atomic E-state index is 13.1. The third kappa shape index (κ3) is 4.15. The van der Waals surface area contributed by atoms with Crippen molar-refractivity contribution in [1.29, 1.82) is 0 Å². The monoisotopic (exact) mass is 431 g/mol. The first-order chi connectivity index (χ1) is 15.0. The van der Waals surface area contributed by atoms with Crippen molar-refractivity contribution in [1.82, 2.24) is 0 Å². The van der Waals surface area contributed by atoms with E-state index in [0.717, 1.165) is 33.2 Å². The minimum absolute atomic E-state index is 0.233. The molecule has 0 spiro atoms. The van der Waals surface area contributed by atoms with Crippen molar-refractivity contribution in [2.75, 3.05) is 11.8 Å². The Morgan fingerprint density at radius 1 is 0.935 bits per heavy atom. The highest BCUT2D eigenvalue weighted by molar-refractivity contribution is 7.86. The molecule has 4 aromatic rings. The van der Waals surface area contributed by atoms with E-state index in [2.05, 4.69) is 4.72 Å². The predicted molar refractivity (Wildman–Crippen MR) is 124 cm³/mol. The summed E-state index contributed by atoms with van der Waals surface area (Å²) in [6, 6.07) is 23.9. The summed E-state index contributed by atoms with van der Waals surface area (Å²) in [5.41, 5.74) is 3.69. The average Bonchev–Trinajstić information content (AvgIpc) is 2.79. The Labute approximate surface area is 182 Å². The normalized spacial score (nSPS) is 11.8. The lowest BCUT2D eigenvalue weighted by Crippen LogP contribution is -2.07. The molecule has 0 radical (unpaired) electrons.